The molecule has 2 heteroatoms. The van der Waals surface area contributed by atoms with Crippen molar-refractivity contribution in [3.8, 4) is 0 Å². The molecule has 1 N–H and O–H groups in total. The quantitative estimate of drug-likeness (QED) is 0.835. The Morgan fingerprint density at radius 2 is 2.20 bits per heavy atom. The number of hydrogen-bond donors (Lipinski definition) is 1. The Hall–Kier alpha value is -1.38. The molecular formula is C18H21NS. The number of allylic oxidation sites excluding steroid dienone is 1. The molecule has 0 saturated carbocycles. The number of thiophene rings is 1. The highest BCUT2D eigenvalue weighted by Crippen LogP contribution is 2.31. The zero-order valence-corrected chi connectivity index (χ0v) is 12.7. The third kappa shape index (κ3) is 2.87. The van der Waals surface area contributed by atoms with Gasteiger partial charge in [-0.2, -0.15) is 0 Å². The lowest BCUT2D eigenvalue weighted by molar-refractivity contribution is 0.599. The van der Waals surface area contributed by atoms with Crippen LogP contribution in [0.15, 0.2) is 41.8 Å². The van der Waals surface area contributed by atoms with Crippen LogP contribution in [0.1, 0.15) is 33.9 Å². The van der Waals surface area contributed by atoms with E-state index in [9.17, 15) is 0 Å². The van der Waals surface area contributed by atoms with Crippen LogP contribution in [0, 0.1) is 0 Å². The molecule has 20 heavy (non-hydrogen) atoms. The van der Waals surface area contributed by atoms with E-state index in [1.807, 2.05) is 18.4 Å². The van der Waals surface area contributed by atoms with Gasteiger partial charge in [-0.3, -0.25) is 0 Å². The van der Waals surface area contributed by atoms with E-state index < -0.39 is 0 Å². The molecule has 1 aliphatic rings. The van der Waals surface area contributed by atoms with Crippen molar-refractivity contribution in [3.63, 3.8) is 0 Å². The summed E-state index contributed by atoms with van der Waals surface area (Å²) in [5, 5.41) is 5.48. The van der Waals surface area contributed by atoms with Crippen LogP contribution >= 0.6 is 11.3 Å². The number of benzene rings is 1. The molecule has 0 fully saturated rings. The van der Waals surface area contributed by atoms with E-state index >= 15 is 0 Å². The fraction of sp³-hybridized carbons (Fsp3) is 0.333. The highest BCUT2D eigenvalue weighted by molar-refractivity contribution is 7.10. The Bertz CT molecular complexity index is 583. The topological polar surface area (TPSA) is 12.0 Å². The van der Waals surface area contributed by atoms with Gasteiger partial charge in [0.2, 0.25) is 0 Å². The smallest absolute Gasteiger partial charge is 0.00799 e. The van der Waals surface area contributed by atoms with E-state index in [0.717, 1.165) is 19.4 Å². The van der Waals surface area contributed by atoms with Gasteiger partial charge in [0, 0.05) is 4.88 Å². The van der Waals surface area contributed by atoms with Crippen molar-refractivity contribution in [1.82, 2.24) is 5.32 Å². The third-order valence-corrected chi connectivity index (χ3v) is 5.12. The summed E-state index contributed by atoms with van der Waals surface area (Å²) in [7, 11) is 2.04. The monoisotopic (exact) mass is 283 g/mol. The molecule has 2 aromatic rings. The van der Waals surface area contributed by atoms with E-state index in [4.69, 9.17) is 0 Å². The maximum absolute atomic E-state index is 3.29. The molecule has 1 nitrogen and oxygen atoms in total. The van der Waals surface area contributed by atoms with Gasteiger partial charge in [0.25, 0.3) is 0 Å². The largest absolute Gasteiger partial charge is 0.320 e. The second kappa shape index (κ2) is 6.38. The van der Waals surface area contributed by atoms with Gasteiger partial charge >= 0.3 is 0 Å². The summed E-state index contributed by atoms with van der Waals surface area (Å²) in [6.45, 7) is 1.08. The summed E-state index contributed by atoms with van der Waals surface area (Å²) in [5.74, 6) is 0.634. The number of nitrogens with one attached hydrogen (secondary N) is 1. The lowest BCUT2D eigenvalue weighted by atomic mass is 9.90. The molecule has 1 atom stereocenters. The van der Waals surface area contributed by atoms with E-state index in [2.05, 4.69) is 53.2 Å². The molecule has 1 aromatic carbocycles. The van der Waals surface area contributed by atoms with Gasteiger partial charge in [-0.25, -0.2) is 0 Å². The average Bonchev–Trinajstić information content (AvgIpc) is 3.14. The summed E-state index contributed by atoms with van der Waals surface area (Å²) in [5.41, 5.74) is 4.49. The molecule has 0 spiro atoms. The minimum absolute atomic E-state index is 0.634. The molecule has 1 aromatic heterocycles. The molecule has 0 aliphatic heterocycles. The van der Waals surface area contributed by atoms with Crippen LogP contribution in [-0.2, 0) is 12.8 Å². The van der Waals surface area contributed by atoms with Gasteiger partial charge in [0.1, 0.15) is 0 Å². The molecule has 0 unspecified atom stereocenters. The molecule has 1 heterocycles. The van der Waals surface area contributed by atoms with Crippen LogP contribution in [0.5, 0.6) is 0 Å². The van der Waals surface area contributed by atoms with Crippen molar-refractivity contribution in [2.24, 2.45) is 0 Å². The van der Waals surface area contributed by atoms with Crippen molar-refractivity contribution in [2.75, 3.05) is 13.6 Å². The van der Waals surface area contributed by atoms with Gasteiger partial charge in [-0.1, -0.05) is 36.4 Å². The maximum Gasteiger partial charge on any atom is 0.00799 e. The maximum atomic E-state index is 3.29. The van der Waals surface area contributed by atoms with E-state index in [1.54, 1.807) is 5.56 Å². The lowest BCUT2D eigenvalue weighted by Gasteiger charge is -2.17. The number of hydrogen-bond acceptors (Lipinski definition) is 2. The first-order valence-electron chi connectivity index (χ1n) is 7.34. The zero-order valence-electron chi connectivity index (χ0n) is 11.9. The first-order valence-corrected chi connectivity index (χ1v) is 8.21. The second-order valence-electron chi connectivity index (χ2n) is 5.40. The minimum atomic E-state index is 0.634. The number of fused-ring (bicyclic) bond motifs is 1. The summed E-state index contributed by atoms with van der Waals surface area (Å²) < 4.78 is 0. The van der Waals surface area contributed by atoms with Crippen molar-refractivity contribution in [1.29, 1.82) is 0 Å². The van der Waals surface area contributed by atoms with Crippen molar-refractivity contribution in [2.45, 2.75) is 25.2 Å². The normalized spacial score (nSPS) is 14.4. The molecule has 0 saturated heterocycles. The predicted octanol–water partition coefficient (Wildman–Crippen LogP) is 4.25. The fourth-order valence-corrected chi connectivity index (χ4v) is 3.87. The average molecular weight is 283 g/mol. The van der Waals surface area contributed by atoms with Crippen LogP contribution in [0.4, 0.5) is 0 Å². The summed E-state index contributed by atoms with van der Waals surface area (Å²) in [6, 6.07) is 11.2. The van der Waals surface area contributed by atoms with Gasteiger partial charge in [-0.15, -0.1) is 11.3 Å². The summed E-state index contributed by atoms with van der Waals surface area (Å²) in [6.07, 6.45) is 8.00. The highest BCUT2D eigenvalue weighted by Gasteiger charge is 2.17. The van der Waals surface area contributed by atoms with Crippen LogP contribution in [0.2, 0.25) is 0 Å². The third-order valence-electron chi connectivity index (χ3n) is 4.08. The predicted molar refractivity (Wildman–Crippen MR) is 88.5 cm³/mol. The van der Waals surface area contributed by atoms with Crippen LogP contribution in [0.25, 0.3) is 6.08 Å². The standard InChI is InChI=1S/C18H21NS/c1-19-11-10-16(18-9-4-12-20-18)13-15-7-2-5-14-6-3-8-17(14)15/h2-7,9,12,16,19H,8,10-11,13H2,1H3/t16-/m0/s1. The van der Waals surface area contributed by atoms with Crippen LogP contribution < -0.4 is 5.32 Å². The van der Waals surface area contributed by atoms with Crippen molar-refractivity contribution in [3.05, 3.63) is 63.4 Å². The summed E-state index contributed by atoms with van der Waals surface area (Å²) in [4.78, 5) is 1.52. The summed E-state index contributed by atoms with van der Waals surface area (Å²) >= 11 is 1.89. The molecule has 0 amide bonds. The molecule has 104 valence electrons. The Morgan fingerprint density at radius 1 is 1.25 bits per heavy atom. The van der Waals surface area contributed by atoms with Crippen molar-refractivity contribution < 1.29 is 0 Å². The minimum Gasteiger partial charge on any atom is -0.320 e. The van der Waals surface area contributed by atoms with E-state index in [1.165, 1.54) is 22.4 Å². The molecule has 0 bridgehead atoms. The van der Waals surface area contributed by atoms with E-state index in [-0.39, 0.29) is 0 Å². The highest BCUT2D eigenvalue weighted by atomic mass is 32.1. The Kier molecular flexibility index (Phi) is 4.34. The van der Waals surface area contributed by atoms with Crippen LogP contribution in [0.3, 0.4) is 0 Å². The van der Waals surface area contributed by atoms with Crippen molar-refractivity contribution >= 4 is 17.4 Å². The fourth-order valence-electron chi connectivity index (χ4n) is 3.01. The van der Waals surface area contributed by atoms with Crippen LogP contribution in [-0.4, -0.2) is 13.6 Å². The first kappa shape index (κ1) is 13.6. The Labute approximate surface area is 125 Å². The molecule has 0 radical (unpaired) electrons. The Balaban J connectivity index is 1.82. The lowest BCUT2D eigenvalue weighted by Crippen LogP contribution is -2.13. The zero-order chi connectivity index (χ0) is 13.8. The van der Waals surface area contributed by atoms with Gasteiger partial charge in [0.05, 0.1) is 0 Å². The van der Waals surface area contributed by atoms with Gasteiger partial charge in [0.15, 0.2) is 0 Å². The van der Waals surface area contributed by atoms with Gasteiger partial charge in [-0.05, 0) is 66.9 Å². The molecule has 1 aliphatic carbocycles. The Morgan fingerprint density at radius 3 is 3.00 bits per heavy atom. The number of rotatable bonds is 6. The van der Waals surface area contributed by atoms with Gasteiger partial charge < -0.3 is 5.32 Å². The second-order valence-corrected chi connectivity index (χ2v) is 6.38. The molecule has 3 rings (SSSR count). The van der Waals surface area contributed by atoms with E-state index in [0.29, 0.717) is 5.92 Å². The SMILES string of the molecule is CNCC[C@@H](Cc1cccc2c1CC=C2)c1cccs1. The molecular weight excluding hydrogens is 262 g/mol. The first-order chi connectivity index (χ1) is 9.88.